The fraction of sp³-hybridized carbons (Fsp3) is 0.429. The number of hydrogen-bond donors (Lipinski definition) is 4. The Balaban J connectivity index is 2.52. The first-order valence-electron chi connectivity index (χ1n) is 6.58. The maximum atomic E-state index is 11.5. The fourth-order valence-electron chi connectivity index (χ4n) is 1.78. The number of nitrogen functional groups attached to an aromatic ring is 1. The van der Waals surface area contributed by atoms with Crippen molar-refractivity contribution < 1.29 is 19.4 Å². The minimum atomic E-state index is -1.07. The van der Waals surface area contributed by atoms with E-state index in [1.165, 1.54) is 6.07 Å². The number of benzene rings is 1. The van der Waals surface area contributed by atoms with Gasteiger partial charge in [-0.1, -0.05) is 0 Å². The van der Waals surface area contributed by atoms with E-state index in [-0.39, 0.29) is 23.6 Å². The second kappa shape index (κ2) is 8.11. The highest BCUT2D eigenvalue weighted by atomic mass is 16.5. The molecule has 0 unspecified atom stereocenters. The molecule has 5 N–H and O–H groups in total. The number of carbonyl (C=O) groups is 2. The van der Waals surface area contributed by atoms with Gasteiger partial charge in [-0.15, -0.1) is 0 Å². The van der Waals surface area contributed by atoms with Crippen molar-refractivity contribution in [3.8, 4) is 0 Å². The standard InChI is InChI=1S/C14H21N3O4/c1-9-7-10(8-11(13(9)15)14(19)20)16-4-3-12(18)17-5-6-21-2/h7-8,16H,3-6,15H2,1-2H3,(H,17,18)(H,19,20). The van der Waals surface area contributed by atoms with Crippen LogP contribution in [0.3, 0.4) is 0 Å². The molecule has 0 spiro atoms. The van der Waals surface area contributed by atoms with Crippen LogP contribution < -0.4 is 16.4 Å². The second-order valence-electron chi connectivity index (χ2n) is 4.58. The predicted octanol–water partition coefficient (Wildman–Crippen LogP) is 0.840. The molecule has 0 aromatic heterocycles. The highest BCUT2D eigenvalue weighted by Gasteiger charge is 2.11. The van der Waals surface area contributed by atoms with Gasteiger partial charge in [0, 0.05) is 38.0 Å². The molecular formula is C14H21N3O4. The van der Waals surface area contributed by atoms with Gasteiger partial charge in [0.1, 0.15) is 0 Å². The van der Waals surface area contributed by atoms with E-state index in [2.05, 4.69) is 10.6 Å². The van der Waals surface area contributed by atoms with Gasteiger partial charge in [-0.25, -0.2) is 4.79 Å². The van der Waals surface area contributed by atoms with Crippen LogP contribution in [0, 0.1) is 6.92 Å². The van der Waals surface area contributed by atoms with Gasteiger partial charge in [0.25, 0.3) is 0 Å². The largest absolute Gasteiger partial charge is 0.478 e. The highest BCUT2D eigenvalue weighted by molar-refractivity contribution is 5.95. The summed E-state index contributed by atoms with van der Waals surface area (Å²) in [7, 11) is 1.57. The van der Waals surface area contributed by atoms with Gasteiger partial charge in [-0.2, -0.15) is 0 Å². The van der Waals surface area contributed by atoms with E-state index in [4.69, 9.17) is 15.6 Å². The van der Waals surface area contributed by atoms with Crippen LogP contribution in [-0.4, -0.2) is 43.8 Å². The molecule has 0 saturated carbocycles. The molecule has 0 atom stereocenters. The van der Waals surface area contributed by atoms with Crippen LogP contribution >= 0.6 is 0 Å². The molecule has 0 fully saturated rings. The van der Waals surface area contributed by atoms with E-state index in [1.807, 2.05) is 0 Å². The summed E-state index contributed by atoms with van der Waals surface area (Å²) in [5.41, 5.74) is 7.34. The Morgan fingerprint density at radius 3 is 2.67 bits per heavy atom. The molecule has 0 aliphatic rings. The number of nitrogens with two attached hydrogens (primary N) is 1. The van der Waals surface area contributed by atoms with Crippen molar-refractivity contribution >= 4 is 23.3 Å². The number of rotatable bonds is 8. The molecule has 116 valence electrons. The van der Waals surface area contributed by atoms with Crippen LogP contribution in [0.15, 0.2) is 12.1 Å². The molecule has 0 saturated heterocycles. The molecule has 0 heterocycles. The first kappa shape index (κ1) is 16.8. The smallest absolute Gasteiger partial charge is 0.337 e. The van der Waals surface area contributed by atoms with E-state index in [9.17, 15) is 9.59 Å². The molecule has 7 heteroatoms. The second-order valence-corrected chi connectivity index (χ2v) is 4.58. The Bertz CT molecular complexity index is 517. The van der Waals surface area contributed by atoms with Crippen LogP contribution in [0.2, 0.25) is 0 Å². The van der Waals surface area contributed by atoms with Gasteiger partial charge >= 0.3 is 5.97 Å². The zero-order valence-electron chi connectivity index (χ0n) is 12.2. The molecule has 1 aromatic carbocycles. The summed E-state index contributed by atoms with van der Waals surface area (Å²) < 4.78 is 4.83. The summed E-state index contributed by atoms with van der Waals surface area (Å²) in [6.07, 6.45) is 0.287. The third-order valence-corrected chi connectivity index (χ3v) is 2.93. The lowest BCUT2D eigenvalue weighted by Gasteiger charge is -2.11. The fourth-order valence-corrected chi connectivity index (χ4v) is 1.78. The Kier molecular flexibility index (Phi) is 6.48. The number of aryl methyl sites for hydroxylation is 1. The number of aromatic carboxylic acids is 1. The van der Waals surface area contributed by atoms with Crippen LogP contribution in [0.4, 0.5) is 11.4 Å². The van der Waals surface area contributed by atoms with E-state index in [0.717, 1.165) is 0 Å². The third kappa shape index (κ3) is 5.31. The quantitative estimate of drug-likeness (QED) is 0.417. The summed E-state index contributed by atoms with van der Waals surface area (Å²) in [5.74, 6) is -1.17. The van der Waals surface area contributed by atoms with Crippen molar-refractivity contribution in [3.05, 3.63) is 23.3 Å². The summed E-state index contributed by atoms with van der Waals surface area (Å²) in [4.78, 5) is 22.6. The van der Waals surface area contributed by atoms with E-state index in [0.29, 0.717) is 30.9 Å². The molecule has 1 rings (SSSR count). The molecule has 0 radical (unpaired) electrons. The zero-order valence-corrected chi connectivity index (χ0v) is 12.2. The van der Waals surface area contributed by atoms with Crippen LogP contribution in [0.1, 0.15) is 22.3 Å². The number of ether oxygens (including phenoxy) is 1. The maximum Gasteiger partial charge on any atom is 0.337 e. The lowest BCUT2D eigenvalue weighted by molar-refractivity contribution is -0.121. The van der Waals surface area contributed by atoms with Crippen molar-refractivity contribution in [1.29, 1.82) is 0 Å². The summed E-state index contributed by atoms with van der Waals surface area (Å²) >= 11 is 0. The van der Waals surface area contributed by atoms with E-state index in [1.54, 1.807) is 20.1 Å². The Hall–Kier alpha value is -2.28. The molecule has 7 nitrogen and oxygen atoms in total. The Morgan fingerprint density at radius 1 is 1.33 bits per heavy atom. The number of carbonyl (C=O) groups excluding carboxylic acids is 1. The number of amides is 1. The highest BCUT2D eigenvalue weighted by Crippen LogP contribution is 2.22. The minimum Gasteiger partial charge on any atom is -0.478 e. The molecular weight excluding hydrogens is 274 g/mol. The molecule has 1 aromatic rings. The first-order valence-corrected chi connectivity index (χ1v) is 6.58. The Labute approximate surface area is 123 Å². The average Bonchev–Trinajstić information content (AvgIpc) is 2.42. The monoisotopic (exact) mass is 295 g/mol. The van der Waals surface area contributed by atoms with E-state index >= 15 is 0 Å². The van der Waals surface area contributed by atoms with Crippen molar-refractivity contribution in [3.63, 3.8) is 0 Å². The maximum absolute atomic E-state index is 11.5. The number of nitrogens with one attached hydrogen (secondary N) is 2. The van der Waals surface area contributed by atoms with Crippen molar-refractivity contribution in [2.24, 2.45) is 0 Å². The van der Waals surface area contributed by atoms with Crippen molar-refractivity contribution in [1.82, 2.24) is 5.32 Å². The topological polar surface area (TPSA) is 114 Å². The summed E-state index contributed by atoms with van der Waals surface area (Å²) in [5, 5.41) is 14.8. The van der Waals surface area contributed by atoms with Gasteiger partial charge in [0.05, 0.1) is 12.2 Å². The predicted molar refractivity (Wildman–Crippen MR) is 80.5 cm³/mol. The number of hydrogen-bond acceptors (Lipinski definition) is 5. The molecule has 0 aliphatic heterocycles. The minimum absolute atomic E-state index is 0.0575. The molecule has 0 aliphatic carbocycles. The van der Waals surface area contributed by atoms with Gasteiger partial charge in [0.15, 0.2) is 0 Å². The molecule has 21 heavy (non-hydrogen) atoms. The van der Waals surface area contributed by atoms with Crippen molar-refractivity contribution in [2.75, 3.05) is 37.9 Å². The Morgan fingerprint density at radius 2 is 2.05 bits per heavy atom. The first-order chi connectivity index (χ1) is 9.95. The van der Waals surface area contributed by atoms with Crippen molar-refractivity contribution in [2.45, 2.75) is 13.3 Å². The average molecular weight is 295 g/mol. The molecule has 1 amide bonds. The van der Waals surface area contributed by atoms with E-state index < -0.39 is 5.97 Å². The number of carboxylic acids is 1. The number of carboxylic acid groups (broad SMARTS) is 1. The summed E-state index contributed by atoms with van der Waals surface area (Å²) in [6, 6.07) is 3.22. The van der Waals surface area contributed by atoms with Gasteiger partial charge in [0.2, 0.25) is 5.91 Å². The van der Waals surface area contributed by atoms with Crippen LogP contribution in [0.5, 0.6) is 0 Å². The third-order valence-electron chi connectivity index (χ3n) is 2.93. The molecule has 0 bridgehead atoms. The van der Waals surface area contributed by atoms with Crippen LogP contribution in [-0.2, 0) is 9.53 Å². The zero-order chi connectivity index (χ0) is 15.8. The van der Waals surface area contributed by atoms with Gasteiger partial charge < -0.3 is 26.2 Å². The number of methoxy groups -OCH3 is 1. The summed E-state index contributed by atoms with van der Waals surface area (Å²) in [6.45, 7) is 3.09. The van der Waals surface area contributed by atoms with Gasteiger partial charge in [-0.05, 0) is 24.6 Å². The normalized spacial score (nSPS) is 10.2. The van der Waals surface area contributed by atoms with Crippen LogP contribution in [0.25, 0.3) is 0 Å². The lowest BCUT2D eigenvalue weighted by Crippen LogP contribution is -2.28. The SMILES string of the molecule is COCCNC(=O)CCNc1cc(C)c(N)c(C(=O)O)c1. The van der Waals surface area contributed by atoms with Gasteiger partial charge in [-0.3, -0.25) is 4.79 Å². The lowest BCUT2D eigenvalue weighted by atomic mass is 10.1. The number of anilines is 2.